The highest BCUT2D eigenvalue weighted by atomic mass is 35.5. The van der Waals surface area contributed by atoms with Crippen LogP contribution >= 0.6 is 11.6 Å². The van der Waals surface area contributed by atoms with Gasteiger partial charge < -0.3 is 10.6 Å². The van der Waals surface area contributed by atoms with Crippen LogP contribution in [0.4, 0.5) is 5.82 Å². The molecule has 0 radical (unpaired) electrons. The summed E-state index contributed by atoms with van der Waals surface area (Å²) in [7, 11) is 0. The molecule has 0 aliphatic rings. The van der Waals surface area contributed by atoms with E-state index in [9.17, 15) is 4.79 Å². The van der Waals surface area contributed by atoms with Crippen LogP contribution in [0.3, 0.4) is 0 Å². The molecule has 1 amide bonds. The number of nitrogens with two attached hydrogens (primary N) is 1. The average molecular weight is 256 g/mol. The molecule has 0 atom stereocenters. The van der Waals surface area contributed by atoms with Crippen molar-refractivity contribution in [2.24, 2.45) is 0 Å². The summed E-state index contributed by atoms with van der Waals surface area (Å²) in [5, 5.41) is 0.346. The van der Waals surface area contributed by atoms with Gasteiger partial charge in [-0.05, 0) is 25.5 Å². The Labute approximate surface area is 107 Å². The summed E-state index contributed by atoms with van der Waals surface area (Å²) in [6.07, 6.45) is 2.02. The fourth-order valence-corrected chi connectivity index (χ4v) is 1.70. The molecule has 0 spiro atoms. The average Bonchev–Trinajstić information content (AvgIpc) is 2.33. The summed E-state index contributed by atoms with van der Waals surface area (Å²) in [5.41, 5.74) is 5.81. The minimum absolute atomic E-state index is 0.154. The van der Waals surface area contributed by atoms with Crippen molar-refractivity contribution in [1.82, 2.24) is 9.88 Å². The molecule has 2 N–H and O–H groups in total. The van der Waals surface area contributed by atoms with E-state index < -0.39 is 0 Å². The molecule has 1 rings (SSSR count). The fourth-order valence-electron chi connectivity index (χ4n) is 1.51. The maximum Gasteiger partial charge on any atom is 0.274 e. The minimum atomic E-state index is -0.154. The van der Waals surface area contributed by atoms with Crippen molar-refractivity contribution in [2.75, 3.05) is 18.8 Å². The van der Waals surface area contributed by atoms with Crippen LogP contribution in [-0.4, -0.2) is 28.9 Å². The number of carbonyl (C=O) groups excluding carboxylic acids is 1. The molecule has 0 unspecified atom stereocenters. The van der Waals surface area contributed by atoms with Gasteiger partial charge in [0, 0.05) is 13.1 Å². The van der Waals surface area contributed by atoms with Crippen molar-refractivity contribution in [1.29, 1.82) is 0 Å². The van der Waals surface area contributed by atoms with Gasteiger partial charge in [0.05, 0.1) is 5.02 Å². The molecule has 17 heavy (non-hydrogen) atoms. The maximum absolute atomic E-state index is 12.2. The van der Waals surface area contributed by atoms with Crippen molar-refractivity contribution in [3.63, 3.8) is 0 Å². The first-order valence-electron chi connectivity index (χ1n) is 5.81. The van der Waals surface area contributed by atoms with Crippen molar-refractivity contribution < 1.29 is 4.79 Å². The lowest BCUT2D eigenvalue weighted by Gasteiger charge is -2.20. The molecule has 1 aromatic rings. The summed E-state index contributed by atoms with van der Waals surface area (Å²) < 4.78 is 0. The van der Waals surface area contributed by atoms with Gasteiger partial charge in [-0.1, -0.05) is 24.9 Å². The molecular formula is C12H18ClN3O. The van der Waals surface area contributed by atoms with Crippen molar-refractivity contribution in [3.05, 3.63) is 22.8 Å². The topological polar surface area (TPSA) is 59.2 Å². The molecule has 0 bridgehead atoms. The van der Waals surface area contributed by atoms with Crippen molar-refractivity contribution >= 4 is 23.3 Å². The lowest BCUT2D eigenvalue weighted by atomic mass is 10.2. The Hall–Kier alpha value is -1.29. The highest BCUT2D eigenvalue weighted by Gasteiger charge is 2.18. The van der Waals surface area contributed by atoms with E-state index >= 15 is 0 Å². The Bertz CT molecular complexity index is 395. The summed E-state index contributed by atoms with van der Waals surface area (Å²) in [6.45, 7) is 5.39. The molecule has 0 saturated carbocycles. The Morgan fingerprint density at radius 2 is 2.18 bits per heavy atom. The monoisotopic (exact) mass is 255 g/mol. The van der Waals surface area contributed by atoms with Crippen LogP contribution in [0, 0.1) is 0 Å². The van der Waals surface area contributed by atoms with Crippen LogP contribution < -0.4 is 5.73 Å². The van der Waals surface area contributed by atoms with Gasteiger partial charge in [-0.2, -0.15) is 0 Å². The standard InChI is InChI=1S/C12H18ClN3O/c1-3-5-8-16(4-2)12(17)11-9(13)6-7-10(14)15-11/h6-7H,3-5,8H2,1-2H3,(H2,14,15). The number of halogens is 1. The zero-order valence-corrected chi connectivity index (χ0v) is 11.0. The molecule has 1 aromatic heterocycles. The highest BCUT2D eigenvalue weighted by molar-refractivity contribution is 6.33. The van der Waals surface area contributed by atoms with Crippen LogP contribution in [0.5, 0.6) is 0 Å². The third kappa shape index (κ3) is 3.60. The zero-order chi connectivity index (χ0) is 12.8. The number of unbranched alkanes of at least 4 members (excludes halogenated alkanes) is 1. The maximum atomic E-state index is 12.2. The zero-order valence-electron chi connectivity index (χ0n) is 10.2. The van der Waals surface area contributed by atoms with Gasteiger partial charge in [0.1, 0.15) is 11.5 Å². The summed E-state index contributed by atoms with van der Waals surface area (Å²) in [5.74, 6) is 0.155. The quantitative estimate of drug-likeness (QED) is 0.880. The first-order chi connectivity index (χ1) is 8.10. The first-order valence-corrected chi connectivity index (χ1v) is 6.19. The second kappa shape index (κ2) is 6.45. The van der Waals surface area contributed by atoms with E-state index in [0.717, 1.165) is 19.4 Å². The smallest absolute Gasteiger partial charge is 0.274 e. The third-order valence-corrected chi connectivity index (χ3v) is 2.83. The molecule has 1 heterocycles. The largest absolute Gasteiger partial charge is 0.384 e. The predicted molar refractivity (Wildman–Crippen MR) is 70.1 cm³/mol. The molecule has 94 valence electrons. The van der Waals surface area contributed by atoms with E-state index in [4.69, 9.17) is 17.3 Å². The molecule has 0 aliphatic heterocycles. The number of nitrogen functional groups attached to an aromatic ring is 1. The summed E-state index contributed by atoms with van der Waals surface area (Å²) in [4.78, 5) is 17.9. The van der Waals surface area contributed by atoms with Gasteiger partial charge >= 0.3 is 0 Å². The number of anilines is 1. The Balaban J connectivity index is 2.89. The number of amides is 1. The van der Waals surface area contributed by atoms with E-state index in [2.05, 4.69) is 11.9 Å². The molecule has 0 fully saturated rings. The van der Waals surface area contributed by atoms with Gasteiger partial charge in [-0.15, -0.1) is 0 Å². The highest BCUT2D eigenvalue weighted by Crippen LogP contribution is 2.17. The van der Waals surface area contributed by atoms with Crippen LogP contribution in [-0.2, 0) is 0 Å². The van der Waals surface area contributed by atoms with Gasteiger partial charge in [0.25, 0.3) is 5.91 Å². The molecule has 0 aromatic carbocycles. The number of rotatable bonds is 5. The molecule has 0 aliphatic carbocycles. The van der Waals surface area contributed by atoms with Crippen molar-refractivity contribution in [2.45, 2.75) is 26.7 Å². The Morgan fingerprint density at radius 1 is 1.47 bits per heavy atom. The number of nitrogens with zero attached hydrogens (tertiary/aromatic N) is 2. The van der Waals surface area contributed by atoms with E-state index in [-0.39, 0.29) is 11.6 Å². The SMILES string of the molecule is CCCCN(CC)C(=O)c1nc(N)ccc1Cl. The Morgan fingerprint density at radius 3 is 2.76 bits per heavy atom. The van der Waals surface area contributed by atoms with E-state index in [1.165, 1.54) is 0 Å². The van der Waals surface area contributed by atoms with Crippen LogP contribution in [0.15, 0.2) is 12.1 Å². The summed E-state index contributed by atoms with van der Waals surface area (Å²) in [6, 6.07) is 3.19. The lowest BCUT2D eigenvalue weighted by molar-refractivity contribution is 0.0757. The second-order valence-electron chi connectivity index (χ2n) is 3.80. The molecular weight excluding hydrogens is 238 g/mol. The minimum Gasteiger partial charge on any atom is -0.384 e. The predicted octanol–water partition coefficient (Wildman–Crippen LogP) is 2.58. The Kier molecular flexibility index (Phi) is 5.22. The first kappa shape index (κ1) is 13.8. The van der Waals surface area contributed by atoms with Gasteiger partial charge in [0.2, 0.25) is 0 Å². The van der Waals surface area contributed by atoms with Gasteiger partial charge in [-0.3, -0.25) is 4.79 Å². The fraction of sp³-hybridized carbons (Fsp3) is 0.500. The number of pyridine rings is 1. The third-order valence-electron chi connectivity index (χ3n) is 2.52. The second-order valence-corrected chi connectivity index (χ2v) is 4.21. The van der Waals surface area contributed by atoms with E-state index in [1.54, 1.807) is 17.0 Å². The van der Waals surface area contributed by atoms with E-state index in [1.807, 2.05) is 6.92 Å². The number of aromatic nitrogens is 1. The van der Waals surface area contributed by atoms with Gasteiger partial charge in [0.15, 0.2) is 0 Å². The molecule has 0 saturated heterocycles. The van der Waals surface area contributed by atoms with Crippen LogP contribution in [0.1, 0.15) is 37.2 Å². The molecule has 4 nitrogen and oxygen atoms in total. The van der Waals surface area contributed by atoms with Gasteiger partial charge in [-0.25, -0.2) is 4.98 Å². The van der Waals surface area contributed by atoms with Crippen LogP contribution in [0.25, 0.3) is 0 Å². The lowest BCUT2D eigenvalue weighted by Crippen LogP contribution is -2.32. The molecule has 5 heteroatoms. The number of carbonyl (C=O) groups is 1. The van der Waals surface area contributed by atoms with Crippen molar-refractivity contribution in [3.8, 4) is 0 Å². The van der Waals surface area contributed by atoms with Crippen LogP contribution in [0.2, 0.25) is 5.02 Å². The summed E-state index contributed by atoms with van der Waals surface area (Å²) >= 11 is 5.96. The van der Waals surface area contributed by atoms with E-state index in [0.29, 0.717) is 17.4 Å². The number of hydrogen-bond acceptors (Lipinski definition) is 3. The number of hydrogen-bond donors (Lipinski definition) is 1. The normalized spacial score (nSPS) is 10.3.